The van der Waals surface area contributed by atoms with Gasteiger partial charge in [0.1, 0.15) is 0 Å². The molecule has 0 saturated carbocycles. The summed E-state index contributed by atoms with van der Waals surface area (Å²) >= 11 is 0. The lowest BCUT2D eigenvalue weighted by molar-refractivity contribution is 0.398. The maximum atomic E-state index is 8.30. The summed E-state index contributed by atoms with van der Waals surface area (Å²) in [6.45, 7) is 0. The van der Waals surface area contributed by atoms with E-state index in [1.54, 1.807) is 6.07 Å². The van der Waals surface area contributed by atoms with Crippen LogP contribution in [0.1, 0.15) is 0 Å². The third-order valence-corrected chi connectivity index (χ3v) is 1.04. The van der Waals surface area contributed by atoms with E-state index in [4.69, 9.17) is 10.1 Å². The van der Waals surface area contributed by atoms with E-state index in [1.807, 2.05) is 0 Å². The van der Waals surface area contributed by atoms with Crippen LogP contribution in [-0.2, 0) is 0 Å². The lowest BCUT2D eigenvalue weighted by Gasteiger charge is -1.91. The Morgan fingerprint density at radius 3 is 3.10 bits per heavy atom. The summed E-state index contributed by atoms with van der Waals surface area (Å²) in [6.07, 6.45) is 1.51. The smallest absolute Gasteiger partial charge is 0.392 e. The Morgan fingerprint density at radius 1 is 1.70 bits per heavy atom. The van der Waals surface area contributed by atoms with E-state index in [0.29, 0.717) is 11.6 Å². The molecule has 0 radical (unpaired) electrons. The molecule has 1 aromatic heterocycles. The molecule has 0 spiro atoms. The summed E-state index contributed by atoms with van der Waals surface area (Å²) in [6, 6.07) is 3.10. The number of hydrogen-bond acceptors (Lipinski definition) is 3. The van der Waals surface area contributed by atoms with Crippen molar-refractivity contribution in [2.75, 3.05) is 7.11 Å². The van der Waals surface area contributed by atoms with Crippen LogP contribution in [0.5, 0.6) is 5.88 Å². The van der Waals surface area contributed by atoms with Crippen molar-refractivity contribution in [1.82, 2.24) is 4.98 Å². The minimum atomic E-state index is 0.437. The summed E-state index contributed by atoms with van der Waals surface area (Å²) in [4.78, 5) is 6.77. The molecule has 50 valence electrons. The van der Waals surface area contributed by atoms with Crippen LogP contribution in [0.25, 0.3) is 4.98 Å². The van der Waals surface area contributed by atoms with Gasteiger partial charge in [-0.05, 0) is 0 Å². The van der Waals surface area contributed by atoms with E-state index in [1.165, 1.54) is 19.4 Å². The summed E-state index contributed by atoms with van der Waals surface area (Å²) in [7, 11) is 1.50. The Bertz CT molecular complexity index is 266. The van der Waals surface area contributed by atoms with Crippen LogP contribution in [0.3, 0.4) is 0 Å². The highest BCUT2D eigenvalue weighted by Gasteiger charge is 2.04. The lowest BCUT2D eigenvalue weighted by atomic mass is 10.4. The number of rotatable bonds is 1. The molecule has 0 unspecified atom stereocenters. The molecular weight excluding hydrogens is 130 g/mol. The van der Waals surface area contributed by atoms with E-state index in [0.717, 1.165) is 0 Å². The first-order chi connectivity index (χ1) is 4.86. The number of hydrogen-bond donors (Lipinski definition) is 0. The molecule has 0 fully saturated rings. The Hall–Kier alpha value is -1.63. The molecule has 0 aliphatic heterocycles. The summed E-state index contributed by atoms with van der Waals surface area (Å²) < 4.78 is 4.77. The van der Waals surface area contributed by atoms with Gasteiger partial charge >= 0.3 is 5.69 Å². The summed E-state index contributed by atoms with van der Waals surface area (Å²) in [5, 5.41) is 8.30. The van der Waals surface area contributed by atoms with Crippen LogP contribution in [0.15, 0.2) is 18.3 Å². The zero-order chi connectivity index (χ0) is 7.40. The third kappa shape index (κ3) is 1.20. The van der Waals surface area contributed by atoms with Gasteiger partial charge in [0.25, 0.3) is 0 Å². The molecule has 0 aliphatic rings. The van der Waals surface area contributed by atoms with Gasteiger partial charge in [-0.3, -0.25) is 0 Å². The molecule has 0 amide bonds. The third-order valence-electron chi connectivity index (χ3n) is 1.04. The van der Waals surface area contributed by atoms with E-state index < -0.39 is 0 Å². The number of nitrogens with zero attached hydrogens (tertiary/aromatic N) is 3. The lowest BCUT2D eigenvalue weighted by Crippen LogP contribution is -1.84. The van der Waals surface area contributed by atoms with E-state index >= 15 is 0 Å². The predicted molar refractivity (Wildman–Crippen MR) is 35.5 cm³/mol. The average Bonchev–Trinajstić information content (AvgIpc) is 2.05. The average molecular weight is 136 g/mol. The Labute approximate surface area is 58.1 Å². The van der Waals surface area contributed by atoms with Gasteiger partial charge in [-0.25, -0.2) is 4.98 Å². The van der Waals surface area contributed by atoms with Crippen molar-refractivity contribution in [1.29, 1.82) is 5.39 Å². The first-order valence-corrected chi connectivity index (χ1v) is 2.72. The maximum Gasteiger partial charge on any atom is 0.392 e. The number of aromatic nitrogens is 1. The van der Waals surface area contributed by atoms with Crippen molar-refractivity contribution in [3.8, 4) is 5.88 Å². The molecule has 4 heteroatoms. The van der Waals surface area contributed by atoms with Gasteiger partial charge in [0, 0.05) is 6.20 Å². The highest BCUT2D eigenvalue weighted by Crippen LogP contribution is 2.15. The van der Waals surface area contributed by atoms with Gasteiger partial charge in [-0.2, -0.15) is 0 Å². The van der Waals surface area contributed by atoms with E-state index in [-0.39, 0.29) is 0 Å². The minimum absolute atomic E-state index is 0.437. The zero-order valence-corrected chi connectivity index (χ0v) is 5.48. The normalized spacial score (nSPS) is 8.40. The van der Waals surface area contributed by atoms with Gasteiger partial charge in [-0.15, -0.1) is 0 Å². The molecule has 0 atom stereocenters. The second-order valence-corrected chi connectivity index (χ2v) is 1.66. The van der Waals surface area contributed by atoms with Crippen molar-refractivity contribution in [3.05, 3.63) is 23.3 Å². The number of pyridine rings is 1. The first-order valence-electron chi connectivity index (χ1n) is 2.72. The van der Waals surface area contributed by atoms with Crippen LogP contribution < -0.4 is 4.74 Å². The van der Waals surface area contributed by atoms with E-state index in [2.05, 4.69) is 9.96 Å². The highest BCUT2D eigenvalue weighted by atomic mass is 16.5. The summed E-state index contributed by atoms with van der Waals surface area (Å²) in [5.74, 6) is 0.440. The molecule has 0 saturated heterocycles. The van der Waals surface area contributed by atoms with Crippen molar-refractivity contribution in [2.45, 2.75) is 0 Å². The molecule has 1 aromatic rings. The molecular formula is C6H6N3O+. The van der Waals surface area contributed by atoms with Crippen LogP contribution in [0.2, 0.25) is 0 Å². The van der Waals surface area contributed by atoms with Crippen molar-refractivity contribution < 1.29 is 4.74 Å². The van der Waals surface area contributed by atoms with Gasteiger partial charge in [0.05, 0.1) is 19.2 Å². The molecule has 10 heavy (non-hydrogen) atoms. The molecule has 0 bridgehead atoms. The Kier molecular flexibility index (Phi) is 1.80. The van der Waals surface area contributed by atoms with Crippen molar-refractivity contribution >= 4 is 5.69 Å². The Balaban J connectivity index is 3.01. The summed E-state index contributed by atoms with van der Waals surface area (Å²) in [5.41, 5.74) is 0.437. The molecule has 0 aromatic carbocycles. The van der Waals surface area contributed by atoms with Gasteiger partial charge < -0.3 is 4.74 Å². The standard InChI is InChI=1S/C6H6N3O/c1-10-6-4-5(9-7)2-3-8-6/h2-4H,1H3/q+1. The first kappa shape index (κ1) is 6.49. The fraction of sp³-hybridized carbons (Fsp3) is 0.167. The fourth-order valence-electron chi connectivity index (χ4n) is 0.573. The topological polar surface area (TPSA) is 50.3 Å². The molecule has 1 heterocycles. The van der Waals surface area contributed by atoms with Crippen LogP contribution >= 0.6 is 0 Å². The SMILES string of the molecule is COc1cc([N+]#N)ccn1. The molecule has 0 aliphatic carbocycles. The Morgan fingerprint density at radius 2 is 2.50 bits per heavy atom. The second-order valence-electron chi connectivity index (χ2n) is 1.66. The van der Waals surface area contributed by atoms with Gasteiger partial charge in [0.2, 0.25) is 11.3 Å². The molecule has 4 nitrogen and oxygen atoms in total. The monoisotopic (exact) mass is 136 g/mol. The minimum Gasteiger partial charge on any atom is -0.481 e. The number of ether oxygens (including phenoxy) is 1. The number of diazo groups is 1. The second kappa shape index (κ2) is 2.78. The van der Waals surface area contributed by atoms with Crippen LogP contribution in [-0.4, -0.2) is 12.1 Å². The molecule has 1 rings (SSSR count). The van der Waals surface area contributed by atoms with Crippen LogP contribution in [0.4, 0.5) is 5.69 Å². The fourth-order valence-corrected chi connectivity index (χ4v) is 0.573. The predicted octanol–water partition coefficient (Wildman–Crippen LogP) is 1.57. The maximum absolute atomic E-state index is 8.30. The largest absolute Gasteiger partial charge is 0.481 e. The zero-order valence-electron chi connectivity index (χ0n) is 5.48. The van der Waals surface area contributed by atoms with Crippen LogP contribution in [0, 0.1) is 5.39 Å². The van der Waals surface area contributed by atoms with Gasteiger partial charge in [-0.1, -0.05) is 0 Å². The van der Waals surface area contributed by atoms with E-state index in [9.17, 15) is 0 Å². The molecule has 0 N–H and O–H groups in total. The highest BCUT2D eigenvalue weighted by molar-refractivity contribution is 5.44. The number of methoxy groups -OCH3 is 1. The van der Waals surface area contributed by atoms with Crippen molar-refractivity contribution in [3.63, 3.8) is 0 Å². The van der Waals surface area contributed by atoms with Crippen molar-refractivity contribution in [2.24, 2.45) is 0 Å². The quantitative estimate of drug-likeness (QED) is 0.550. The van der Waals surface area contributed by atoms with Gasteiger partial charge in [0.15, 0.2) is 4.98 Å².